The Bertz CT molecular complexity index is 454. The molecule has 1 aromatic heterocycles. The van der Waals surface area contributed by atoms with Crippen LogP contribution in [0.25, 0.3) is 0 Å². The van der Waals surface area contributed by atoms with E-state index in [1.54, 1.807) is 12.5 Å². The number of benzene rings is 1. The highest BCUT2D eigenvalue weighted by atomic mass is 35.5. The third-order valence-corrected chi connectivity index (χ3v) is 2.55. The van der Waals surface area contributed by atoms with Crippen molar-refractivity contribution in [2.75, 3.05) is 6.61 Å². The molecule has 0 aliphatic rings. The smallest absolute Gasteiger partial charge is 0.137 e. The summed E-state index contributed by atoms with van der Waals surface area (Å²) >= 11 is 6.05. The summed E-state index contributed by atoms with van der Waals surface area (Å²) in [4.78, 5) is 3.96. The second-order valence-electron chi connectivity index (χ2n) is 3.58. The molecule has 2 rings (SSSR count). The molecule has 3 nitrogen and oxygen atoms in total. The SMILES string of the molecule is Cc1ccc(OCCn2ccnc2)c(Cl)c1. The van der Waals surface area contributed by atoms with Crippen LogP contribution in [0.5, 0.6) is 5.75 Å². The molecule has 0 saturated carbocycles. The van der Waals surface area contributed by atoms with E-state index in [1.807, 2.05) is 35.9 Å². The summed E-state index contributed by atoms with van der Waals surface area (Å²) in [5, 5.41) is 0.658. The molecule has 4 heteroatoms. The molecule has 1 aromatic carbocycles. The van der Waals surface area contributed by atoms with Crippen LogP contribution in [0.3, 0.4) is 0 Å². The molecular formula is C12H13ClN2O. The molecule has 0 aliphatic heterocycles. The Morgan fingerprint density at radius 1 is 1.44 bits per heavy atom. The summed E-state index contributed by atoms with van der Waals surface area (Å²) in [6, 6.07) is 5.78. The Balaban J connectivity index is 1.90. The van der Waals surface area contributed by atoms with Gasteiger partial charge in [0.05, 0.1) is 17.9 Å². The minimum atomic E-state index is 0.582. The van der Waals surface area contributed by atoms with Crippen molar-refractivity contribution < 1.29 is 4.74 Å². The van der Waals surface area contributed by atoms with Gasteiger partial charge in [-0.1, -0.05) is 17.7 Å². The predicted molar refractivity (Wildman–Crippen MR) is 63.9 cm³/mol. The van der Waals surface area contributed by atoms with Crippen LogP contribution in [-0.4, -0.2) is 16.2 Å². The lowest BCUT2D eigenvalue weighted by molar-refractivity contribution is 0.298. The number of nitrogens with zero attached hydrogens (tertiary/aromatic N) is 2. The maximum atomic E-state index is 6.05. The molecule has 2 aromatic rings. The first-order valence-electron chi connectivity index (χ1n) is 5.10. The highest BCUT2D eigenvalue weighted by Gasteiger charge is 2.01. The van der Waals surface area contributed by atoms with Crippen molar-refractivity contribution in [1.29, 1.82) is 0 Å². The first-order valence-corrected chi connectivity index (χ1v) is 5.48. The Morgan fingerprint density at radius 3 is 3.00 bits per heavy atom. The Kier molecular flexibility index (Phi) is 3.47. The van der Waals surface area contributed by atoms with Gasteiger partial charge in [-0.25, -0.2) is 4.98 Å². The second kappa shape index (κ2) is 5.03. The quantitative estimate of drug-likeness (QED) is 0.816. The standard InChI is InChI=1S/C12H13ClN2O/c1-10-2-3-12(11(13)8-10)16-7-6-15-5-4-14-9-15/h2-5,8-9H,6-7H2,1H3. The van der Waals surface area contributed by atoms with Gasteiger partial charge in [0.1, 0.15) is 12.4 Å². The number of hydrogen-bond donors (Lipinski definition) is 0. The number of rotatable bonds is 4. The summed E-state index contributed by atoms with van der Waals surface area (Å²) in [5.74, 6) is 0.729. The fraction of sp³-hybridized carbons (Fsp3) is 0.250. The molecule has 0 saturated heterocycles. The predicted octanol–water partition coefficient (Wildman–Crippen LogP) is 2.92. The van der Waals surface area contributed by atoms with E-state index in [0.717, 1.165) is 17.9 Å². The van der Waals surface area contributed by atoms with E-state index >= 15 is 0 Å². The van der Waals surface area contributed by atoms with Gasteiger partial charge in [-0.05, 0) is 24.6 Å². The third kappa shape index (κ3) is 2.76. The van der Waals surface area contributed by atoms with Gasteiger partial charge in [-0.15, -0.1) is 0 Å². The van der Waals surface area contributed by atoms with Crippen molar-refractivity contribution in [2.45, 2.75) is 13.5 Å². The fourth-order valence-electron chi connectivity index (χ4n) is 1.40. The van der Waals surface area contributed by atoms with Crippen LogP contribution in [0.15, 0.2) is 36.9 Å². The van der Waals surface area contributed by atoms with Gasteiger partial charge in [0.2, 0.25) is 0 Å². The van der Waals surface area contributed by atoms with Crippen LogP contribution < -0.4 is 4.74 Å². The number of ether oxygens (including phenoxy) is 1. The van der Waals surface area contributed by atoms with Gasteiger partial charge >= 0.3 is 0 Å². The molecule has 0 fully saturated rings. The van der Waals surface area contributed by atoms with Crippen molar-refractivity contribution in [1.82, 2.24) is 9.55 Å². The summed E-state index contributed by atoms with van der Waals surface area (Å²) in [5.41, 5.74) is 1.13. The molecule has 0 radical (unpaired) electrons. The summed E-state index contributed by atoms with van der Waals surface area (Å²) in [6.07, 6.45) is 5.42. The number of hydrogen-bond acceptors (Lipinski definition) is 2. The van der Waals surface area contributed by atoms with Crippen LogP contribution in [-0.2, 0) is 6.54 Å². The van der Waals surface area contributed by atoms with E-state index in [1.165, 1.54) is 0 Å². The van der Waals surface area contributed by atoms with E-state index in [9.17, 15) is 0 Å². The summed E-state index contributed by atoms with van der Waals surface area (Å²) in [7, 11) is 0. The average molecular weight is 237 g/mol. The number of aryl methyl sites for hydroxylation is 1. The molecule has 0 unspecified atom stereocenters. The Hall–Kier alpha value is -1.48. The zero-order valence-corrected chi connectivity index (χ0v) is 9.81. The van der Waals surface area contributed by atoms with E-state index in [4.69, 9.17) is 16.3 Å². The van der Waals surface area contributed by atoms with E-state index in [0.29, 0.717) is 11.6 Å². The lowest BCUT2D eigenvalue weighted by Gasteiger charge is -2.08. The minimum Gasteiger partial charge on any atom is -0.490 e. The van der Waals surface area contributed by atoms with Gasteiger partial charge in [0.15, 0.2) is 0 Å². The zero-order chi connectivity index (χ0) is 11.4. The summed E-state index contributed by atoms with van der Waals surface area (Å²) < 4.78 is 7.54. The maximum Gasteiger partial charge on any atom is 0.137 e. The van der Waals surface area contributed by atoms with Crippen LogP contribution in [0, 0.1) is 6.92 Å². The highest BCUT2D eigenvalue weighted by Crippen LogP contribution is 2.24. The molecule has 1 heterocycles. The van der Waals surface area contributed by atoms with Crippen molar-refractivity contribution in [2.24, 2.45) is 0 Å². The molecule has 0 spiro atoms. The molecular weight excluding hydrogens is 224 g/mol. The van der Waals surface area contributed by atoms with Crippen LogP contribution in [0.2, 0.25) is 5.02 Å². The van der Waals surface area contributed by atoms with Crippen molar-refractivity contribution in [3.63, 3.8) is 0 Å². The molecule has 84 valence electrons. The molecule has 0 aliphatic carbocycles. The van der Waals surface area contributed by atoms with Crippen molar-refractivity contribution in [3.05, 3.63) is 47.5 Å². The molecule has 0 bridgehead atoms. The Morgan fingerprint density at radius 2 is 2.31 bits per heavy atom. The van der Waals surface area contributed by atoms with E-state index in [2.05, 4.69) is 4.98 Å². The van der Waals surface area contributed by atoms with Crippen LogP contribution >= 0.6 is 11.6 Å². The fourth-order valence-corrected chi connectivity index (χ4v) is 1.69. The number of imidazole rings is 1. The lowest BCUT2D eigenvalue weighted by atomic mass is 10.2. The monoisotopic (exact) mass is 236 g/mol. The molecule has 16 heavy (non-hydrogen) atoms. The van der Waals surface area contributed by atoms with E-state index in [-0.39, 0.29) is 0 Å². The first kappa shape index (κ1) is 11.0. The van der Waals surface area contributed by atoms with E-state index < -0.39 is 0 Å². The highest BCUT2D eigenvalue weighted by molar-refractivity contribution is 6.32. The zero-order valence-electron chi connectivity index (χ0n) is 9.06. The largest absolute Gasteiger partial charge is 0.490 e. The maximum absolute atomic E-state index is 6.05. The normalized spacial score (nSPS) is 10.4. The van der Waals surface area contributed by atoms with Gasteiger partial charge in [-0.3, -0.25) is 0 Å². The summed E-state index contributed by atoms with van der Waals surface area (Å²) in [6.45, 7) is 3.35. The number of halogens is 1. The topological polar surface area (TPSA) is 27.1 Å². The lowest BCUT2D eigenvalue weighted by Crippen LogP contribution is -2.06. The Labute approximate surface area is 99.6 Å². The van der Waals surface area contributed by atoms with Crippen LogP contribution in [0.4, 0.5) is 0 Å². The minimum absolute atomic E-state index is 0.582. The second-order valence-corrected chi connectivity index (χ2v) is 3.99. The van der Waals surface area contributed by atoms with Crippen molar-refractivity contribution >= 4 is 11.6 Å². The molecule has 0 atom stereocenters. The first-order chi connectivity index (χ1) is 7.75. The van der Waals surface area contributed by atoms with Gasteiger partial charge < -0.3 is 9.30 Å². The van der Waals surface area contributed by atoms with Gasteiger partial charge in [0.25, 0.3) is 0 Å². The molecule has 0 amide bonds. The van der Waals surface area contributed by atoms with Gasteiger partial charge in [-0.2, -0.15) is 0 Å². The van der Waals surface area contributed by atoms with Crippen LogP contribution in [0.1, 0.15) is 5.56 Å². The van der Waals surface area contributed by atoms with Gasteiger partial charge in [0, 0.05) is 12.4 Å². The van der Waals surface area contributed by atoms with Crippen molar-refractivity contribution in [3.8, 4) is 5.75 Å². The number of aromatic nitrogens is 2. The third-order valence-electron chi connectivity index (χ3n) is 2.25. The average Bonchev–Trinajstić information content (AvgIpc) is 2.74. The molecule has 0 N–H and O–H groups in total.